The Morgan fingerprint density at radius 2 is 2.50 bits per heavy atom. The SMILES string of the molecule is CC(CCCl)NC(=O)c1ccoc1Br. The number of hydrogen-bond donors (Lipinski definition) is 1. The van der Waals surface area contributed by atoms with Crippen LogP contribution in [-0.2, 0) is 0 Å². The zero-order valence-electron chi connectivity index (χ0n) is 7.72. The van der Waals surface area contributed by atoms with Gasteiger partial charge in [0, 0.05) is 11.9 Å². The first kappa shape index (κ1) is 11.6. The van der Waals surface area contributed by atoms with Crippen LogP contribution in [0.15, 0.2) is 21.4 Å². The summed E-state index contributed by atoms with van der Waals surface area (Å²) in [5, 5.41) is 2.81. The highest BCUT2D eigenvalue weighted by molar-refractivity contribution is 9.10. The number of hydrogen-bond acceptors (Lipinski definition) is 2. The van der Waals surface area contributed by atoms with Crippen LogP contribution in [0.5, 0.6) is 0 Å². The van der Waals surface area contributed by atoms with Crippen molar-refractivity contribution in [2.75, 3.05) is 5.88 Å². The Bertz CT molecular complexity index is 314. The summed E-state index contributed by atoms with van der Waals surface area (Å²) >= 11 is 8.70. The number of carbonyl (C=O) groups excluding carboxylic acids is 1. The molecule has 0 aliphatic rings. The summed E-state index contributed by atoms with van der Waals surface area (Å²) in [7, 11) is 0. The summed E-state index contributed by atoms with van der Waals surface area (Å²) in [5.41, 5.74) is 0.506. The van der Waals surface area contributed by atoms with Gasteiger partial charge in [0.05, 0.1) is 11.8 Å². The molecule has 0 saturated heterocycles. The number of rotatable bonds is 4. The van der Waals surface area contributed by atoms with Gasteiger partial charge >= 0.3 is 0 Å². The highest BCUT2D eigenvalue weighted by Gasteiger charge is 2.14. The fraction of sp³-hybridized carbons (Fsp3) is 0.444. The van der Waals surface area contributed by atoms with Crippen LogP contribution >= 0.6 is 27.5 Å². The highest BCUT2D eigenvalue weighted by Crippen LogP contribution is 2.17. The molecule has 5 heteroatoms. The monoisotopic (exact) mass is 279 g/mol. The van der Waals surface area contributed by atoms with Crippen molar-refractivity contribution in [1.82, 2.24) is 5.32 Å². The first-order valence-corrected chi connectivity index (χ1v) is 5.57. The number of amides is 1. The molecular formula is C9H11BrClNO2. The molecule has 1 amide bonds. The van der Waals surface area contributed by atoms with Crippen LogP contribution in [0.1, 0.15) is 23.7 Å². The van der Waals surface area contributed by atoms with E-state index in [0.717, 1.165) is 6.42 Å². The van der Waals surface area contributed by atoms with Crippen molar-refractivity contribution in [3.8, 4) is 0 Å². The second-order valence-electron chi connectivity index (χ2n) is 2.96. The highest BCUT2D eigenvalue weighted by atomic mass is 79.9. The van der Waals surface area contributed by atoms with E-state index in [0.29, 0.717) is 16.1 Å². The molecule has 0 saturated carbocycles. The zero-order valence-corrected chi connectivity index (χ0v) is 10.1. The molecule has 0 spiro atoms. The fourth-order valence-electron chi connectivity index (χ4n) is 0.993. The smallest absolute Gasteiger partial charge is 0.255 e. The summed E-state index contributed by atoms with van der Waals surface area (Å²) in [6, 6.07) is 1.69. The minimum absolute atomic E-state index is 0.0711. The van der Waals surface area contributed by atoms with E-state index in [4.69, 9.17) is 16.0 Å². The average Bonchev–Trinajstić information content (AvgIpc) is 2.51. The van der Waals surface area contributed by atoms with Crippen molar-refractivity contribution in [2.24, 2.45) is 0 Å². The molecule has 3 nitrogen and oxygen atoms in total. The normalized spacial score (nSPS) is 12.5. The zero-order chi connectivity index (χ0) is 10.6. The molecule has 0 bridgehead atoms. The molecule has 1 aromatic rings. The van der Waals surface area contributed by atoms with Gasteiger partial charge in [-0.2, -0.15) is 0 Å². The van der Waals surface area contributed by atoms with Crippen LogP contribution < -0.4 is 5.32 Å². The van der Waals surface area contributed by atoms with Crippen LogP contribution in [0, 0.1) is 0 Å². The lowest BCUT2D eigenvalue weighted by molar-refractivity contribution is 0.0938. The molecule has 1 N–H and O–H groups in total. The van der Waals surface area contributed by atoms with Gasteiger partial charge in [-0.25, -0.2) is 0 Å². The van der Waals surface area contributed by atoms with E-state index in [1.165, 1.54) is 6.26 Å². The first-order valence-electron chi connectivity index (χ1n) is 4.25. The Morgan fingerprint density at radius 3 is 3.00 bits per heavy atom. The van der Waals surface area contributed by atoms with E-state index >= 15 is 0 Å². The summed E-state index contributed by atoms with van der Waals surface area (Å²) in [4.78, 5) is 11.6. The third-order valence-electron chi connectivity index (χ3n) is 1.78. The van der Waals surface area contributed by atoms with Crippen molar-refractivity contribution >= 4 is 33.4 Å². The van der Waals surface area contributed by atoms with Gasteiger partial charge in [0.1, 0.15) is 0 Å². The Hall–Kier alpha value is -0.480. The van der Waals surface area contributed by atoms with Crippen molar-refractivity contribution < 1.29 is 9.21 Å². The molecule has 1 aromatic heterocycles. The van der Waals surface area contributed by atoms with Gasteiger partial charge in [0.15, 0.2) is 4.67 Å². The lowest BCUT2D eigenvalue weighted by Gasteiger charge is -2.11. The van der Waals surface area contributed by atoms with E-state index in [9.17, 15) is 4.79 Å². The lowest BCUT2D eigenvalue weighted by Crippen LogP contribution is -2.32. The van der Waals surface area contributed by atoms with E-state index in [-0.39, 0.29) is 11.9 Å². The molecular weight excluding hydrogens is 269 g/mol. The number of furan rings is 1. The van der Waals surface area contributed by atoms with Gasteiger partial charge < -0.3 is 9.73 Å². The minimum atomic E-state index is -0.150. The molecule has 1 atom stereocenters. The van der Waals surface area contributed by atoms with Crippen LogP contribution in [0.2, 0.25) is 0 Å². The molecule has 0 aromatic carbocycles. The number of nitrogens with one attached hydrogen (secondary N) is 1. The molecule has 78 valence electrons. The van der Waals surface area contributed by atoms with Crippen molar-refractivity contribution in [1.29, 1.82) is 0 Å². The van der Waals surface area contributed by atoms with Crippen molar-refractivity contribution in [2.45, 2.75) is 19.4 Å². The largest absolute Gasteiger partial charge is 0.457 e. The maximum absolute atomic E-state index is 11.6. The van der Waals surface area contributed by atoms with E-state index < -0.39 is 0 Å². The van der Waals surface area contributed by atoms with Gasteiger partial charge in [-0.3, -0.25) is 4.79 Å². The summed E-state index contributed by atoms with van der Waals surface area (Å²) in [6.07, 6.45) is 2.22. The Labute approximate surface area is 95.9 Å². The first-order chi connectivity index (χ1) is 6.65. The second kappa shape index (κ2) is 5.41. The van der Waals surface area contributed by atoms with Gasteiger partial charge in [-0.05, 0) is 35.3 Å². The summed E-state index contributed by atoms with van der Waals surface area (Å²) < 4.78 is 5.41. The number of halogens is 2. The topological polar surface area (TPSA) is 42.2 Å². The molecule has 1 unspecified atom stereocenters. The Balaban J connectivity index is 2.55. The fourth-order valence-corrected chi connectivity index (χ4v) is 1.74. The van der Waals surface area contributed by atoms with Crippen molar-refractivity contribution in [3.63, 3.8) is 0 Å². The predicted octanol–water partition coefficient (Wildman–Crippen LogP) is 2.79. The molecule has 1 rings (SSSR count). The molecule has 14 heavy (non-hydrogen) atoms. The third kappa shape index (κ3) is 3.03. The van der Waals surface area contributed by atoms with Gasteiger partial charge in [0.2, 0.25) is 0 Å². The maximum atomic E-state index is 11.6. The minimum Gasteiger partial charge on any atom is -0.457 e. The van der Waals surface area contributed by atoms with Gasteiger partial charge in [-0.15, -0.1) is 11.6 Å². The third-order valence-corrected chi connectivity index (χ3v) is 2.61. The predicted molar refractivity (Wildman–Crippen MR) is 58.7 cm³/mol. The van der Waals surface area contributed by atoms with Crippen LogP contribution in [0.25, 0.3) is 0 Å². The van der Waals surface area contributed by atoms with Gasteiger partial charge in [0.25, 0.3) is 5.91 Å². The van der Waals surface area contributed by atoms with Gasteiger partial charge in [-0.1, -0.05) is 0 Å². The molecule has 0 fully saturated rings. The molecule has 0 aliphatic heterocycles. The number of alkyl halides is 1. The molecule has 1 heterocycles. The lowest BCUT2D eigenvalue weighted by atomic mass is 10.2. The summed E-state index contributed by atoms with van der Waals surface area (Å²) in [6.45, 7) is 1.91. The van der Waals surface area contributed by atoms with E-state index in [1.54, 1.807) is 6.07 Å². The Morgan fingerprint density at radius 1 is 1.79 bits per heavy atom. The van der Waals surface area contributed by atoms with Crippen LogP contribution in [-0.4, -0.2) is 17.8 Å². The maximum Gasteiger partial charge on any atom is 0.255 e. The molecule has 0 aliphatic carbocycles. The quantitative estimate of drug-likeness (QED) is 0.862. The standard InChI is InChI=1S/C9H11BrClNO2/c1-6(2-4-11)12-9(13)7-3-5-14-8(7)10/h3,5-6H,2,4H2,1H3,(H,12,13). The van der Waals surface area contributed by atoms with Crippen molar-refractivity contribution in [3.05, 3.63) is 22.6 Å². The number of carbonyl (C=O) groups is 1. The van der Waals surface area contributed by atoms with Crippen LogP contribution in [0.3, 0.4) is 0 Å². The Kier molecular flexibility index (Phi) is 4.48. The summed E-state index contributed by atoms with van der Waals surface area (Å²) in [5.74, 6) is 0.386. The molecule has 0 radical (unpaired) electrons. The average molecular weight is 281 g/mol. The van der Waals surface area contributed by atoms with E-state index in [1.807, 2.05) is 6.92 Å². The van der Waals surface area contributed by atoms with Crippen LogP contribution in [0.4, 0.5) is 0 Å². The van der Waals surface area contributed by atoms with E-state index in [2.05, 4.69) is 21.2 Å². The second-order valence-corrected chi connectivity index (χ2v) is 4.06.